The molecule has 162 valence electrons. The Hall–Kier alpha value is -3.24. The van der Waals surface area contributed by atoms with Crippen molar-refractivity contribution in [3.8, 4) is 5.75 Å². The number of fused-ring (bicyclic) bond motifs is 2. The minimum Gasteiger partial charge on any atom is -0.493 e. The van der Waals surface area contributed by atoms with Crippen LogP contribution in [-0.2, 0) is 6.42 Å². The van der Waals surface area contributed by atoms with Crippen molar-refractivity contribution in [2.75, 3.05) is 6.61 Å². The van der Waals surface area contributed by atoms with Gasteiger partial charge in [-0.25, -0.2) is 4.79 Å². The number of rotatable bonds is 7. The first-order valence-electron chi connectivity index (χ1n) is 11.0. The second-order valence-electron chi connectivity index (χ2n) is 8.21. The summed E-state index contributed by atoms with van der Waals surface area (Å²) in [5, 5.41) is 13.6. The minimum atomic E-state index is -0.950. The highest BCUT2D eigenvalue weighted by Gasteiger charge is 2.21. The van der Waals surface area contributed by atoms with Crippen molar-refractivity contribution in [3.05, 3.63) is 82.5 Å². The van der Waals surface area contributed by atoms with Crippen molar-refractivity contribution in [2.24, 2.45) is 0 Å². The van der Waals surface area contributed by atoms with Crippen molar-refractivity contribution in [1.82, 2.24) is 4.98 Å². The van der Waals surface area contributed by atoms with Crippen LogP contribution in [0.5, 0.6) is 5.75 Å². The molecule has 0 spiro atoms. The van der Waals surface area contributed by atoms with Crippen LogP contribution in [0.4, 0.5) is 0 Å². The molecular weight excluding hydrogens is 422 g/mol. The summed E-state index contributed by atoms with van der Waals surface area (Å²) in [5.41, 5.74) is 4.15. The van der Waals surface area contributed by atoms with E-state index in [9.17, 15) is 9.90 Å². The van der Waals surface area contributed by atoms with Gasteiger partial charge in [0.15, 0.2) is 0 Å². The first-order valence-corrected chi connectivity index (χ1v) is 11.4. The Morgan fingerprint density at radius 3 is 2.75 bits per heavy atom. The van der Waals surface area contributed by atoms with E-state index in [0.717, 1.165) is 57.8 Å². The van der Waals surface area contributed by atoms with Gasteiger partial charge in [-0.2, -0.15) is 0 Å². The largest absolute Gasteiger partial charge is 0.493 e. The van der Waals surface area contributed by atoms with Gasteiger partial charge in [0, 0.05) is 21.4 Å². The highest BCUT2D eigenvalue weighted by Crippen LogP contribution is 2.37. The maximum Gasteiger partial charge on any atom is 0.352 e. The molecule has 3 aromatic carbocycles. The molecule has 1 aromatic heterocycles. The predicted octanol–water partition coefficient (Wildman–Crippen LogP) is 7.25. The van der Waals surface area contributed by atoms with Crippen molar-refractivity contribution in [1.29, 1.82) is 0 Å². The van der Waals surface area contributed by atoms with E-state index in [4.69, 9.17) is 16.3 Å². The van der Waals surface area contributed by atoms with Crippen LogP contribution in [-0.4, -0.2) is 22.7 Å². The van der Waals surface area contributed by atoms with Gasteiger partial charge >= 0.3 is 5.97 Å². The molecule has 0 saturated heterocycles. The molecule has 0 aliphatic heterocycles. The zero-order valence-electron chi connectivity index (χ0n) is 17.7. The number of carbonyl (C=O) groups is 1. The Kier molecular flexibility index (Phi) is 5.62. The van der Waals surface area contributed by atoms with Crippen LogP contribution in [0.1, 0.15) is 47.3 Å². The number of benzene rings is 3. The van der Waals surface area contributed by atoms with E-state index in [-0.39, 0.29) is 5.69 Å². The van der Waals surface area contributed by atoms with Gasteiger partial charge in [-0.15, -0.1) is 0 Å². The molecule has 0 saturated carbocycles. The van der Waals surface area contributed by atoms with E-state index in [2.05, 4.69) is 23.2 Å². The average molecular weight is 446 g/mol. The van der Waals surface area contributed by atoms with Gasteiger partial charge in [0.2, 0.25) is 0 Å². The van der Waals surface area contributed by atoms with Gasteiger partial charge in [0.1, 0.15) is 11.4 Å². The van der Waals surface area contributed by atoms with Crippen LogP contribution in [0, 0.1) is 0 Å². The van der Waals surface area contributed by atoms with Crippen molar-refractivity contribution < 1.29 is 14.6 Å². The molecule has 0 amide bonds. The zero-order valence-corrected chi connectivity index (χ0v) is 18.4. The maximum absolute atomic E-state index is 12.0. The third-order valence-corrected chi connectivity index (χ3v) is 6.38. The van der Waals surface area contributed by atoms with Gasteiger partial charge in [0.25, 0.3) is 0 Å². The number of hydrogen-bond acceptors (Lipinski definition) is 2. The van der Waals surface area contributed by atoms with Crippen molar-refractivity contribution in [3.63, 3.8) is 0 Å². The first kappa shape index (κ1) is 20.7. The topological polar surface area (TPSA) is 62.3 Å². The highest BCUT2D eigenvalue weighted by atomic mass is 35.5. The lowest BCUT2D eigenvalue weighted by molar-refractivity contribution is 0.0690. The molecule has 1 heterocycles. The lowest BCUT2D eigenvalue weighted by atomic mass is 9.99. The first-order chi connectivity index (χ1) is 15.6. The van der Waals surface area contributed by atoms with Crippen molar-refractivity contribution >= 4 is 44.8 Å². The van der Waals surface area contributed by atoms with E-state index < -0.39 is 5.97 Å². The zero-order chi connectivity index (χ0) is 22.1. The van der Waals surface area contributed by atoms with Crippen LogP contribution in [0.15, 0.2) is 60.7 Å². The molecule has 1 aliphatic rings. The fourth-order valence-corrected chi connectivity index (χ4v) is 4.90. The Bertz CT molecular complexity index is 1350. The number of ether oxygens (including phenoxy) is 1. The number of aromatic amines is 1. The summed E-state index contributed by atoms with van der Waals surface area (Å²) in [7, 11) is 0. The molecule has 0 radical (unpaired) electrons. The van der Waals surface area contributed by atoms with E-state index >= 15 is 0 Å². The number of allylic oxidation sites excluding steroid dienone is 2. The summed E-state index contributed by atoms with van der Waals surface area (Å²) in [6, 6.07) is 18.0. The highest BCUT2D eigenvalue weighted by molar-refractivity contribution is 6.31. The number of aromatic carboxylic acids is 1. The molecule has 5 heteroatoms. The number of nitrogens with one attached hydrogen (secondary N) is 1. The monoisotopic (exact) mass is 445 g/mol. The fraction of sp³-hybridized carbons (Fsp3) is 0.222. The predicted molar refractivity (Wildman–Crippen MR) is 130 cm³/mol. The molecule has 2 N–H and O–H groups in total. The number of aromatic nitrogens is 1. The summed E-state index contributed by atoms with van der Waals surface area (Å²) in [6.45, 7) is 0.498. The molecule has 5 rings (SSSR count). The molecule has 1 aliphatic carbocycles. The number of aryl methyl sites for hydroxylation is 1. The second-order valence-corrected chi connectivity index (χ2v) is 8.65. The quantitative estimate of drug-likeness (QED) is 0.294. The molecule has 4 nitrogen and oxygen atoms in total. The molecule has 0 bridgehead atoms. The van der Waals surface area contributed by atoms with Crippen molar-refractivity contribution in [2.45, 2.75) is 32.1 Å². The molecular formula is C27H24ClNO3. The number of halogens is 1. The van der Waals surface area contributed by atoms with Gasteiger partial charge in [-0.05, 0) is 66.8 Å². The van der Waals surface area contributed by atoms with E-state index in [0.29, 0.717) is 24.5 Å². The van der Waals surface area contributed by atoms with E-state index in [1.54, 1.807) is 0 Å². The lowest BCUT2D eigenvalue weighted by Crippen LogP contribution is -2.04. The number of carboxylic acid groups (broad SMARTS) is 1. The minimum absolute atomic E-state index is 0.243. The van der Waals surface area contributed by atoms with Gasteiger partial charge in [0.05, 0.1) is 12.1 Å². The summed E-state index contributed by atoms with van der Waals surface area (Å²) >= 11 is 6.45. The van der Waals surface area contributed by atoms with Crippen LogP contribution < -0.4 is 4.74 Å². The summed E-state index contributed by atoms with van der Waals surface area (Å²) < 4.78 is 6.07. The third-order valence-electron chi connectivity index (χ3n) is 6.16. The number of H-pyrrole nitrogens is 1. The van der Waals surface area contributed by atoms with Crippen LogP contribution in [0.2, 0.25) is 5.02 Å². The Labute approximate surface area is 191 Å². The Morgan fingerprint density at radius 1 is 1.09 bits per heavy atom. The lowest BCUT2D eigenvalue weighted by Gasteiger charge is -2.10. The Balaban J connectivity index is 1.41. The molecule has 0 fully saturated rings. The summed E-state index contributed by atoms with van der Waals surface area (Å²) in [5.74, 6) is -0.104. The van der Waals surface area contributed by atoms with Crippen LogP contribution in [0.3, 0.4) is 0 Å². The molecule has 32 heavy (non-hydrogen) atoms. The van der Waals surface area contributed by atoms with E-state index in [1.165, 1.54) is 5.57 Å². The Morgan fingerprint density at radius 2 is 1.94 bits per heavy atom. The normalized spacial score (nSPS) is 13.6. The van der Waals surface area contributed by atoms with Crippen LogP contribution in [0.25, 0.3) is 27.2 Å². The summed E-state index contributed by atoms with van der Waals surface area (Å²) in [6.07, 6.45) is 6.67. The maximum atomic E-state index is 12.0. The van der Waals surface area contributed by atoms with Crippen LogP contribution >= 0.6 is 11.6 Å². The molecule has 0 atom stereocenters. The standard InChI is InChI=1S/C27H24ClNO3/c28-19-15-22(18-8-1-2-9-18)25-23(16-19)21(26(29-25)27(30)31)12-6-14-32-24-13-5-10-17-7-3-4-11-20(17)24/h3-5,7-8,10-11,13,15-16,29H,1-2,6,9,12,14H2,(H,30,31). The van der Waals surface area contributed by atoms with Gasteiger partial charge < -0.3 is 14.8 Å². The average Bonchev–Trinajstić information content (AvgIpc) is 3.45. The van der Waals surface area contributed by atoms with Gasteiger partial charge in [-0.3, -0.25) is 0 Å². The fourth-order valence-electron chi connectivity index (χ4n) is 4.68. The number of hydrogen-bond donors (Lipinski definition) is 2. The second kappa shape index (κ2) is 8.71. The van der Waals surface area contributed by atoms with Gasteiger partial charge in [-0.1, -0.05) is 54.1 Å². The smallest absolute Gasteiger partial charge is 0.352 e. The number of carboxylic acids is 1. The molecule has 0 unspecified atom stereocenters. The summed E-state index contributed by atoms with van der Waals surface area (Å²) in [4.78, 5) is 15.2. The van der Waals surface area contributed by atoms with E-state index in [1.807, 2.05) is 42.5 Å². The third kappa shape index (κ3) is 3.87. The SMILES string of the molecule is O=C(O)c1[nH]c2c(C3=CCCC3)cc(Cl)cc2c1CCCOc1cccc2ccccc12. The molecule has 4 aromatic rings.